The van der Waals surface area contributed by atoms with E-state index in [1.165, 1.54) is 18.1 Å². The van der Waals surface area contributed by atoms with E-state index in [9.17, 15) is 13.2 Å². The second-order valence-corrected chi connectivity index (χ2v) is 9.52. The van der Waals surface area contributed by atoms with Crippen LogP contribution in [0.25, 0.3) is 5.57 Å². The largest absolute Gasteiger partial charge is 0.376 e. The van der Waals surface area contributed by atoms with Crippen molar-refractivity contribution in [1.82, 2.24) is 9.62 Å². The summed E-state index contributed by atoms with van der Waals surface area (Å²) in [4.78, 5) is 13.8. The van der Waals surface area contributed by atoms with Crippen molar-refractivity contribution in [3.05, 3.63) is 42.0 Å². The van der Waals surface area contributed by atoms with Gasteiger partial charge in [-0.1, -0.05) is 36.4 Å². The first-order valence-electron chi connectivity index (χ1n) is 9.94. The molecule has 154 valence electrons. The second kappa shape index (κ2) is 9.20. The van der Waals surface area contributed by atoms with Crippen LogP contribution in [0.3, 0.4) is 0 Å². The molecule has 0 saturated carbocycles. The maximum absolute atomic E-state index is 12.1. The van der Waals surface area contributed by atoms with Crippen molar-refractivity contribution in [1.29, 1.82) is 0 Å². The number of rotatable bonds is 6. The van der Waals surface area contributed by atoms with E-state index >= 15 is 0 Å². The van der Waals surface area contributed by atoms with Crippen LogP contribution in [0.1, 0.15) is 44.6 Å². The van der Waals surface area contributed by atoms with Gasteiger partial charge in [-0.2, -0.15) is 0 Å². The molecule has 7 heteroatoms. The summed E-state index contributed by atoms with van der Waals surface area (Å²) in [6.45, 7) is 2.53. The van der Waals surface area contributed by atoms with Crippen molar-refractivity contribution < 1.29 is 17.9 Å². The fourth-order valence-electron chi connectivity index (χ4n) is 4.18. The molecule has 2 aliphatic rings. The molecule has 0 spiro atoms. The van der Waals surface area contributed by atoms with E-state index in [0.717, 1.165) is 31.9 Å². The lowest BCUT2D eigenvalue weighted by atomic mass is 9.92. The van der Waals surface area contributed by atoms with Crippen LogP contribution in [0.4, 0.5) is 0 Å². The average Bonchev–Trinajstić information content (AvgIpc) is 2.66. The Kier molecular flexibility index (Phi) is 6.91. The molecule has 1 aliphatic heterocycles. The monoisotopic (exact) mass is 406 g/mol. The van der Waals surface area contributed by atoms with E-state index in [0.29, 0.717) is 19.6 Å². The van der Waals surface area contributed by atoms with Gasteiger partial charge in [-0.3, -0.25) is 4.79 Å². The van der Waals surface area contributed by atoms with E-state index in [1.807, 2.05) is 18.2 Å². The lowest BCUT2D eigenvalue weighted by molar-refractivity contribution is -0.135. The highest BCUT2D eigenvalue weighted by Gasteiger charge is 2.35. The van der Waals surface area contributed by atoms with Crippen LogP contribution < -0.4 is 4.72 Å². The van der Waals surface area contributed by atoms with Crippen LogP contribution in [0, 0.1) is 0 Å². The van der Waals surface area contributed by atoms with Crippen molar-refractivity contribution in [2.75, 3.05) is 19.4 Å². The molecule has 1 heterocycles. The number of nitrogens with zero attached hydrogens (tertiary/aromatic N) is 1. The molecule has 1 aromatic carbocycles. The quantitative estimate of drug-likeness (QED) is 0.788. The van der Waals surface area contributed by atoms with Gasteiger partial charge in [0.2, 0.25) is 15.9 Å². The Bertz CT molecular complexity index is 807. The molecule has 1 amide bonds. The number of allylic oxidation sites excluding steroid dienone is 1. The van der Waals surface area contributed by atoms with Crippen molar-refractivity contribution in [2.45, 2.75) is 57.2 Å². The molecular formula is C21H30N2O4S. The molecule has 1 N–H and O–H groups in total. The van der Waals surface area contributed by atoms with Crippen LogP contribution in [0.15, 0.2) is 36.4 Å². The zero-order chi connectivity index (χ0) is 20.1. The smallest absolute Gasteiger partial charge is 0.219 e. The Morgan fingerprint density at radius 3 is 2.61 bits per heavy atom. The third-order valence-corrected chi connectivity index (χ3v) is 6.29. The number of sulfonamides is 1. The maximum atomic E-state index is 12.1. The highest BCUT2D eigenvalue weighted by atomic mass is 32.2. The van der Waals surface area contributed by atoms with Gasteiger partial charge >= 0.3 is 0 Å². The maximum Gasteiger partial charge on any atom is 0.219 e. The minimum Gasteiger partial charge on any atom is -0.376 e. The van der Waals surface area contributed by atoms with Crippen molar-refractivity contribution in [2.24, 2.45) is 0 Å². The van der Waals surface area contributed by atoms with Crippen LogP contribution in [0.5, 0.6) is 0 Å². The number of likely N-dealkylation sites (tertiary alicyclic amines) is 1. The lowest BCUT2D eigenvalue weighted by Crippen LogP contribution is -2.58. The Morgan fingerprint density at radius 2 is 2.00 bits per heavy atom. The standard InChI is InChI=1S/C21H30N2O4S/c1-16(24)23-14-6-9-20(22-28(2,25)26)21(23)15-27-19-12-10-18(11-13-19)17-7-4-3-5-8-17/h3-5,7-8,10,19-22H,6,9,11-15H2,1-2H3. The van der Waals surface area contributed by atoms with Crippen molar-refractivity contribution >= 4 is 21.5 Å². The summed E-state index contributed by atoms with van der Waals surface area (Å²) in [7, 11) is -3.34. The molecule has 3 unspecified atom stereocenters. The Hall–Kier alpha value is -1.70. The number of nitrogens with one attached hydrogen (secondary N) is 1. The van der Waals surface area contributed by atoms with Gasteiger partial charge in [-0.05, 0) is 43.2 Å². The number of carbonyl (C=O) groups excluding carboxylic acids is 1. The number of hydrogen-bond acceptors (Lipinski definition) is 4. The topological polar surface area (TPSA) is 75.7 Å². The summed E-state index contributed by atoms with van der Waals surface area (Å²) in [5, 5.41) is 0. The Balaban J connectivity index is 1.62. The zero-order valence-corrected chi connectivity index (χ0v) is 17.5. The molecule has 1 aliphatic carbocycles. The lowest BCUT2D eigenvalue weighted by Gasteiger charge is -2.41. The summed E-state index contributed by atoms with van der Waals surface area (Å²) in [6, 6.07) is 9.81. The number of carbonyl (C=O) groups is 1. The fourth-order valence-corrected chi connectivity index (χ4v) is 5.00. The minimum absolute atomic E-state index is 0.0384. The predicted molar refractivity (Wildman–Crippen MR) is 110 cm³/mol. The van der Waals surface area contributed by atoms with Crippen LogP contribution in [-0.4, -0.2) is 56.8 Å². The number of amides is 1. The zero-order valence-electron chi connectivity index (χ0n) is 16.6. The highest BCUT2D eigenvalue weighted by Crippen LogP contribution is 2.29. The molecule has 0 aromatic heterocycles. The predicted octanol–water partition coefficient (Wildman–Crippen LogP) is 2.57. The molecule has 6 nitrogen and oxygen atoms in total. The first-order valence-corrected chi connectivity index (χ1v) is 11.8. The third-order valence-electron chi connectivity index (χ3n) is 5.56. The van der Waals surface area contributed by atoms with E-state index in [2.05, 4.69) is 22.9 Å². The summed E-state index contributed by atoms with van der Waals surface area (Å²) in [5.41, 5.74) is 2.61. The van der Waals surface area contributed by atoms with E-state index < -0.39 is 10.0 Å². The molecular weight excluding hydrogens is 376 g/mol. The van der Waals surface area contributed by atoms with Gasteiger partial charge < -0.3 is 9.64 Å². The van der Waals surface area contributed by atoms with E-state index in [1.54, 1.807) is 4.90 Å². The first kappa shape index (κ1) is 21.0. The van der Waals surface area contributed by atoms with Gasteiger partial charge in [-0.15, -0.1) is 0 Å². The van der Waals surface area contributed by atoms with E-state index in [-0.39, 0.29) is 24.1 Å². The second-order valence-electron chi connectivity index (χ2n) is 7.74. The number of benzene rings is 1. The van der Waals surface area contributed by atoms with Crippen LogP contribution in [0.2, 0.25) is 0 Å². The normalized spacial score (nSPS) is 26.0. The fraction of sp³-hybridized carbons (Fsp3) is 0.571. The van der Waals surface area contributed by atoms with Gasteiger partial charge in [0.1, 0.15) is 0 Å². The van der Waals surface area contributed by atoms with Gasteiger partial charge in [0, 0.05) is 19.5 Å². The summed E-state index contributed by atoms with van der Waals surface area (Å²) >= 11 is 0. The first-order chi connectivity index (χ1) is 13.3. The Labute approximate surface area is 168 Å². The van der Waals surface area contributed by atoms with Gasteiger partial charge in [0.15, 0.2) is 0 Å². The highest BCUT2D eigenvalue weighted by molar-refractivity contribution is 7.88. The summed E-state index contributed by atoms with van der Waals surface area (Å²) in [6.07, 6.45) is 7.72. The van der Waals surface area contributed by atoms with Crippen LogP contribution in [-0.2, 0) is 19.6 Å². The Morgan fingerprint density at radius 1 is 1.25 bits per heavy atom. The molecule has 0 bridgehead atoms. The molecule has 28 heavy (non-hydrogen) atoms. The summed E-state index contributed by atoms with van der Waals surface area (Å²) in [5.74, 6) is -0.0384. The van der Waals surface area contributed by atoms with Crippen molar-refractivity contribution in [3.63, 3.8) is 0 Å². The average molecular weight is 407 g/mol. The van der Waals surface area contributed by atoms with E-state index in [4.69, 9.17) is 4.74 Å². The molecule has 1 aromatic rings. The number of hydrogen-bond donors (Lipinski definition) is 1. The van der Waals surface area contributed by atoms with Gasteiger partial charge in [-0.25, -0.2) is 13.1 Å². The van der Waals surface area contributed by atoms with Crippen molar-refractivity contribution in [3.8, 4) is 0 Å². The third kappa shape index (κ3) is 5.65. The SMILES string of the molecule is CC(=O)N1CCCC(NS(C)(=O)=O)C1COC1CC=C(c2ccccc2)CC1. The van der Waals surface area contributed by atoms with Crippen LogP contribution >= 0.6 is 0 Å². The number of ether oxygens (including phenoxy) is 1. The molecule has 3 rings (SSSR count). The molecule has 0 radical (unpaired) electrons. The number of piperidine rings is 1. The molecule has 3 atom stereocenters. The van der Waals surface area contributed by atoms with Gasteiger partial charge in [0.25, 0.3) is 0 Å². The summed E-state index contributed by atoms with van der Waals surface area (Å²) < 4.78 is 32.3. The van der Waals surface area contributed by atoms with Gasteiger partial charge in [0.05, 0.1) is 25.0 Å². The molecule has 1 fully saturated rings. The minimum atomic E-state index is -3.34. The molecule has 1 saturated heterocycles.